The summed E-state index contributed by atoms with van der Waals surface area (Å²) in [4.78, 5) is 23.3. The molecular formula is C8H14N2O4. The number of rotatable bonds is 2. The highest BCUT2D eigenvalue weighted by molar-refractivity contribution is 5.87. The van der Waals surface area contributed by atoms with Crippen molar-refractivity contribution >= 4 is 11.9 Å². The summed E-state index contributed by atoms with van der Waals surface area (Å²) in [6, 6.07) is -1.68. The Morgan fingerprint density at radius 3 is 2.57 bits per heavy atom. The second kappa shape index (κ2) is 3.93. The van der Waals surface area contributed by atoms with Gasteiger partial charge in [-0.25, -0.2) is 4.79 Å². The van der Waals surface area contributed by atoms with Gasteiger partial charge < -0.3 is 20.8 Å². The molecule has 6 nitrogen and oxygen atoms in total. The number of aliphatic hydroxyl groups is 1. The average molecular weight is 202 g/mol. The molecule has 0 aromatic heterocycles. The molecule has 0 unspecified atom stereocenters. The van der Waals surface area contributed by atoms with Crippen LogP contribution in [0.25, 0.3) is 0 Å². The van der Waals surface area contributed by atoms with Crippen LogP contribution in [0, 0.1) is 0 Å². The van der Waals surface area contributed by atoms with E-state index in [0.29, 0.717) is 0 Å². The zero-order valence-corrected chi connectivity index (χ0v) is 7.88. The number of carboxylic acid groups (broad SMARTS) is 1. The van der Waals surface area contributed by atoms with E-state index in [1.54, 1.807) is 0 Å². The van der Waals surface area contributed by atoms with E-state index in [1.807, 2.05) is 0 Å². The van der Waals surface area contributed by atoms with E-state index in [0.717, 1.165) is 4.90 Å². The van der Waals surface area contributed by atoms with Gasteiger partial charge in [0.2, 0.25) is 5.91 Å². The number of β-amino-alcohol motifs (C(OH)–C–C–N with tert-alkyl or cyclic N) is 1. The molecule has 0 bridgehead atoms. The number of carbonyl (C=O) groups excluding carboxylic acids is 1. The third-order valence-corrected chi connectivity index (χ3v) is 2.24. The fraction of sp³-hybridized carbons (Fsp3) is 0.750. The van der Waals surface area contributed by atoms with Crippen LogP contribution in [0.2, 0.25) is 0 Å². The predicted molar refractivity (Wildman–Crippen MR) is 47.4 cm³/mol. The van der Waals surface area contributed by atoms with Crippen LogP contribution < -0.4 is 5.73 Å². The fourth-order valence-corrected chi connectivity index (χ4v) is 1.55. The van der Waals surface area contributed by atoms with Gasteiger partial charge in [-0.1, -0.05) is 0 Å². The van der Waals surface area contributed by atoms with Crippen LogP contribution in [0.5, 0.6) is 0 Å². The summed E-state index contributed by atoms with van der Waals surface area (Å²) < 4.78 is 0. The molecule has 1 saturated heterocycles. The van der Waals surface area contributed by atoms with Gasteiger partial charge in [-0.3, -0.25) is 4.79 Å². The highest BCUT2D eigenvalue weighted by Gasteiger charge is 2.39. The van der Waals surface area contributed by atoms with Gasteiger partial charge in [0.15, 0.2) is 0 Å². The van der Waals surface area contributed by atoms with Crippen molar-refractivity contribution < 1.29 is 19.8 Å². The Labute approximate surface area is 81.3 Å². The van der Waals surface area contributed by atoms with Gasteiger partial charge in [0.25, 0.3) is 0 Å². The van der Waals surface area contributed by atoms with Crippen LogP contribution in [0.3, 0.4) is 0 Å². The molecule has 14 heavy (non-hydrogen) atoms. The molecule has 0 aromatic rings. The molecule has 6 heteroatoms. The van der Waals surface area contributed by atoms with Crippen molar-refractivity contribution in [2.75, 3.05) is 6.54 Å². The van der Waals surface area contributed by atoms with E-state index in [4.69, 9.17) is 10.8 Å². The molecule has 3 atom stereocenters. The predicted octanol–water partition coefficient (Wildman–Crippen LogP) is -1.62. The average Bonchev–Trinajstić information content (AvgIpc) is 2.45. The van der Waals surface area contributed by atoms with Gasteiger partial charge >= 0.3 is 5.97 Å². The van der Waals surface area contributed by atoms with Crippen LogP contribution >= 0.6 is 0 Å². The second-order valence-electron chi connectivity index (χ2n) is 3.52. The molecule has 0 saturated carbocycles. The molecule has 1 aliphatic heterocycles. The van der Waals surface area contributed by atoms with Crippen molar-refractivity contribution in [3.05, 3.63) is 0 Å². The first kappa shape index (κ1) is 10.9. The lowest BCUT2D eigenvalue weighted by atomic mass is 10.2. The first-order valence-corrected chi connectivity index (χ1v) is 4.40. The summed E-state index contributed by atoms with van der Waals surface area (Å²) in [5.74, 6) is -1.54. The molecule has 0 radical (unpaired) electrons. The Morgan fingerprint density at radius 2 is 2.14 bits per heavy atom. The maximum atomic E-state index is 11.4. The molecule has 4 N–H and O–H groups in total. The number of nitrogens with two attached hydrogens (primary N) is 1. The van der Waals surface area contributed by atoms with Gasteiger partial charge in [0.05, 0.1) is 12.1 Å². The maximum Gasteiger partial charge on any atom is 0.326 e. The number of amides is 1. The smallest absolute Gasteiger partial charge is 0.326 e. The molecule has 0 aliphatic carbocycles. The van der Waals surface area contributed by atoms with Gasteiger partial charge in [-0.2, -0.15) is 0 Å². The SMILES string of the molecule is C[C@H](N)C(=O)N1C[C@H](O)C[C@H]1C(=O)O. The maximum absolute atomic E-state index is 11.4. The quantitative estimate of drug-likeness (QED) is 0.499. The third-order valence-electron chi connectivity index (χ3n) is 2.24. The molecule has 0 spiro atoms. The highest BCUT2D eigenvalue weighted by Crippen LogP contribution is 2.18. The first-order chi connectivity index (χ1) is 6.43. The first-order valence-electron chi connectivity index (χ1n) is 4.40. The summed E-state index contributed by atoms with van der Waals surface area (Å²) in [6.45, 7) is 1.54. The van der Waals surface area contributed by atoms with Crippen molar-refractivity contribution in [2.45, 2.75) is 31.5 Å². The van der Waals surface area contributed by atoms with Crippen molar-refractivity contribution in [3.8, 4) is 0 Å². The topological polar surface area (TPSA) is 104 Å². The van der Waals surface area contributed by atoms with Crippen LogP contribution in [-0.2, 0) is 9.59 Å². The van der Waals surface area contributed by atoms with E-state index in [2.05, 4.69) is 0 Å². The van der Waals surface area contributed by atoms with Crippen molar-refractivity contribution in [2.24, 2.45) is 5.73 Å². The number of aliphatic carboxylic acids is 1. The molecule has 80 valence electrons. The minimum atomic E-state index is -1.10. The molecule has 1 fully saturated rings. The van der Waals surface area contributed by atoms with E-state index in [9.17, 15) is 14.7 Å². The van der Waals surface area contributed by atoms with E-state index < -0.39 is 30.1 Å². The number of hydrogen-bond acceptors (Lipinski definition) is 4. The molecule has 1 amide bonds. The Hall–Kier alpha value is -1.14. The Bertz CT molecular complexity index is 254. The van der Waals surface area contributed by atoms with E-state index in [-0.39, 0.29) is 13.0 Å². The Balaban J connectivity index is 2.76. The van der Waals surface area contributed by atoms with Crippen LogP contribution in [0.1, 0.15) is 13.3 Å². The molecule has 1 rings (SSSR count). The fourth-order valence-electron chi connectivity index (χ4n) is 1.55. The highest BCUT2D eigenvalue weighted by atomic mass is 16.4. The van der Waals surface area contributed by atoms with Crippen molar-refractivity contribution in [1.82, 2.24) is 4.90 Å². The monoisotopic (exact) mass is 202 g/mol. The minimum Gasteiger partial charge on any atom is -0.480 e. The lowest BCUT2D eigenvalue weighted by Crippen LogP contribution is -2.47. The van der Waals surface area contributed by atoms with Crippen molar-refractivity contribution in [3.63, 3.8) is 0 Å². The van der Waals surface area contributed by atoms with Crippen LogP contribution in [-0.4, -0.2) is 51.7 Å². The Morgan fingerprint density at radius 1 is 1.57 bits per heavy atom. The lowest BCUT2D eigenvalue weighted by molar-refractivity contribution is -0.148. The van der Waals surface area contributed by atoms with Gasteiger partial charge in [-0.05, 0) is 6.92 Å². The summed E-state index contributed by atoms with van der Waals surface area (Å²) in [7, 11) is 0. The minimum absolute atomic E-state index is 0.0529. The van der Waals surface area contributed by atoms with Crippen LogP contribution in [0.4, 0.5) is 0 Å². The zero-order chi connectivity index (χ0) is 10.9. The third kappa shape index (κ3) is 2.02. The van der Waals surface area contributed by atoms with E-state index >= 15 is 0 Å². The van der Waals surface area contributed by atoms with Gasteiger partial charge in [0.1, 0.15) is 6.04 Å². The summed E-state index contributed by atoms with van der Waals surface area (Å²) in [5.41, 5.74) is 5.36. The number of likely N-dealkylation sites (tertiary alicyclic amines) is 1. The van der Waals surface area contributed by atoms with Crippen molar-refractivity contribution in [1.29, 1.82) is 0 Å². The van der Waals surface area contributed by atoms with E-state index in [1.165, 1.54) is 6.92 Å². The Kier molecular flexibility index (Phi) is 3.07. The lowest BCUT2D eigenvalue weighted by Gasteiger charge is -2.22. The summed E-state index contributed by atoms with van der Waals surface area (Å²) >= 11 is 0. The number of carbonyl (C=O) groups is 2. The standard InChI is InChI=1S/C8H14N2O4/c1-4(9)7(12)10-3-5(11)2-6(10)8(13)14/h4-6,11H,2-3,9H2,1H3,(H,13,14)/t4-,5+,6-/m0/s1. The second-order valence-corrected chi connectivity index (χ2v) is 3.52. The number of hydrogen-bond donors (Lipinski definition) is 3. The largest absolute Gasteiger partial charge is 0.480 e. The number of aliphatic hydroxyl groups excluding tert-OH is 1. The summed E-state index contributed by atoms with van der Waals surface area (Å²) in [5, 5.41) is 18.0. The summed E-state index contributed by atoms with van der Waals surface area (Å²) in [6.07, 6.45) is -0.688. The number of carboxylic acids is 1. The molecular weight excluding hydrogens is 188 g/mol. The van der Waals surface area contributed by atoms with Gasteiger partial charge in [-0.15, -0.1) is 0 Å². The van der Waals surface area contributed by atoms with Gasteiger partial charge in [0, 0.05) is 13.0 Å². The normalized spacial score (nSPS) is 28.9. The zero-order valence-electron chi connectivity index (χ0n) is 7.88. The molecule has 1 aliphatic rings. The molecule has 0 aromatic carbocycles. The van der Waals surface area contributed by atoms with Crippen LogP contribution in [0.15, 0.2) is 0 Å². The number of nitrogens with zero attached hydrogens (tertiary/aromatic N) is 1. The molecule has 1 heterocycles.